The van der Waals surface area contributed by atoms with Crippen molar-refractivity contribution in [3.05, 3.63) is 0 Å². The largest absolute Gasteiger partial charge is 0.372 e. The first-order valence-electron chi connectivity index (χ1n) is 4.38. The number of unbranched alkanes of at least 4 members (excludes halogenated alkanes) is 3. The minimum Gasteiger partial charge on any atom is -0.372 e. The quantitative estimate of drug-likeness (QED) is 0.459. The molecule has 0 aliphatic heterocycles. The molecule has 72 valence electrons. The molecule has 0 spiro atoms. The Morgan fingerprint density at radius 3 is 2.58 bits per heavy atom. The van der Waals surface area contributed by atoms with E-state index in [9.17, 15) is 4.79 Å². The summed E-state index contributed by atoms with van der Waals surface area (Å²) < 4.78 is 0. The average molecular weight is 174 g/mol. The van der Waals surface area contributed by atoms with Gasteiger partial charge in [0.15, 0.2) is 0 Å². The second-order valence-electron chi connectivity index (χ2n) is 2.89. The van der Waals surface area contributed by atoms with Crippen molar-refractivity contribution in [3.63, 3.8) is 0 Å². The van der Waals surface area contributed by atoms with Crippen LogP contribution in [0.3, 0.4) is 0 Å². The highest BCUT2D eigenvalue weighted by atomic mass is 16.7. The smallest absolute Gasteiger partial charge is 0.341 e. The van der Waals surface area contributed by atoms with E-state index >= 15 is 0 Å². The highest BCUT2D eigenvalue weighted by Gasteiger charge is 2.12. The summed E-state index contributed by atoms with van der Waals surface area (Å²) in [5, 5.41) is 0. The van der Waals surface area contributed by atoms with Crippen LogP contribution >= 0.6 is 0 Å². The van der Waals surface area contributed by atoms with Crippen LogP contribution in [0.15, 0.2) is 0 Å². The van der Waals surface area contributed by atoms with Crippen LogP contribution in [0, 0.1) is 0 Å². The van der Waals surface area contributed by atoms with Gasteiger partial charge < -0.3 is 10.6 Å². The zero-order valence-electron chi connectivity index (χ0n) is 7.58. The highest BCUT2D eigenvalue weighted by Crippen LogP contribution is 2.04. The highest BCUT2D eigenvalue weighted by molar-refractivity contribution is 5.74. The molecule has 1 atom stereocenters. The molecule has 0 bridgehead atoms. The summed E-state index contributed by atoms with van der Waals surface area (Å²) in [7, 11) is 0. The SMILES string of the molecule is CCCCCCC(N)C(=O)ON. The Kier molecular flexibility index (Phi) is 6.70. The first kappa shape index (κ1) is 11.4. The van der Waals surface area contributed by atoms with Crippen molar-refractivity contribution in [1.82, 2.24) is 0 Å². The van der Waals surface area contributed by atoms with Crippen molar-refractivity contribution in [1.29, 1.82) is 0 Å². The molecule has 4 nitrogen and oxygen atoms in total. The van der Waals surface area contributed by atoms with Crippen molar-refractivity contribution >= 4 is 5.97 Å². The van der Waals surface area contributed by atoms with Gasteiger partial charge in [0.1, 0.15) is 6.04 Å². The molecule has 0 saturated heterocycles. The van der Waals surface area contributed by atoms with Crippen LogP contribution in [-0.2, 0) is 9.63 Å². The second kappa shape index (κ2) is 7.06. The Morgan fingerprint density at radius 1 is 1.42 bits per heavy atom. The van der Waals surface area contributed by atoms with Crippen LogP contribution in [0.25, 0.3) is 0 Å². The van der Waals surface area contributed by atoms with Gasteiger partial charge in [-0.2, -0.15) is 5.90 Å². The van der Waals surface area contributed by atoms with Crippen LogP contribution in [0.4, 0.5) is 0 Å². The Bertz CT molecular complexity index is 128. The van der Waals surface area contributed by atoms with Crippen LogP contribution in [0.1, 0.15) is 39.0 Å². The summed E-state index contributed by atoms with van der Waals surface area (Å²) in [5.41, 5.74) is 5.46. The molecule has 0 aliphatic rings. The fourth-order valence-corrected chi connectivity index (χ4v) is 0.996. The number of carbonyl (C=O) groups is 1. The fourth-order valence-electron chi connectivity index (χ4n) is 0.996. The minimum absolute atomic E-state index is 0.522. The maximum Gasteiger partial charge on any atom is 0.341 e. The van der Waals surface area contributed by atoms with Crippen LogP contribution in [0.5, 0.6) is 0 Å². The van der Waals surface area contributed by atoms with E-state index in [0.29, 0.717) is 6.42 Å². The zero-order chi connectivity index (χ0) is 9.40. The topological polar surface area (TPSA) is 78.3 Å². The molecular weight excluding hydrogens is 156 g/mol. The van der Waals surface area contributed by atoms with E-state index in [1.807, 2.05) is 0 Å². The van der Waals surface area contributed by atoms with Gasteiger partial charge in [0.25, 0.3) is 0 Å². The molecule has 12 heavy (non-hydrogen) atoms. The molecule has 0 amide bonds. The van der Waals surface area contributed by atoms with Gasteiger partial charge >= 0.3 is 5.97 Å². The molecular formula is C8H18N2O2. The summed E-state index contributed by atoms with van der Waals surface area (Å²) in [6, 6.07) is -0.549. The maximum atomic E-state index is 10.7. The van der Waals surface area contributed by atoms with Crippen molar-refractivity contribution < 1.29 is 9.63 Å². The normalized spacial score (nSPS) is 12.6. The zero-order valence-corrected chi connectivity index (χ0v) is 7.58. The van der Waals surface area contributed by atoms with Gasteiger partial charge in [-0.3, -0.25) is 0 Å². The predicted octanol–water partition coefficient (Wildman–Crippen LogP) is 0.701. The molecule has 0 aromatic rings. The molecule has 0 aromatic heterocycles. The van der Waals surface area contributed by atoms with Gasteiger partial charge in [-0.05, 0) is 6.42 Å². The molecule has 0 fully saturated rings. The molecule has 0 saturated carbocycles. The monoisotopic (exact) mass is 174 g/mol. The van der Waals surface area contributed by atoms with Crippen molar-refractivity contribution in [2.24, 2.45) is 11.6 Å². The van der Waals surface area contributed by atoms with Crippen molar-refractivity contribution in [3.8, 4) is 0 Å². The summed E-state index contributed by atoms with van der Waals surface area (Å²) >= 11 is 0. The Hall–Kier alpha value is -0.610. The van der Waals surface area contributed by atoms with Crippen LogP contribution < -0.4 is 11.6 Å². The summed E-state index contributed by atoms with van der Waals surface area (Å²) in [5.74, 6) is 4.15. The van der Waals surface area contributed by atoms with E-state index in [1.165, 1.54) is 12.8 Å². The van der Waals surface area contributed by atoms with Gasteiger partial charge in [0, 0.05) is 0 Å². The minimum atomic E-state index is -0.549. The molecule has 0 aromatic carbocycles. The Balaban J connectivity index is 3.31. The lowest BCUT2D eigenvalue weighted by molar-refractivity contribution is -0.145. The van der Waals surface area contributed by atoms with Gasteiger partial charge in [0.2, 0.25) is 0 Å². The summed E-state index contributed by atoms with van der Waals surface area (Å²) in [4.78, 5) is 14.7. The number of hydrogen-bond acceptors (Lipinski definition) is 4. The third-order valence-corrected chi connectivity index (χ3v) is 1.79. The van der Waals surface area contributed by atoms with E-state index in [4.69, 9.17) is 5.73 Å². The van der Waals surface area contributed by atoms with Crippen LogP contribution in [0.2, 0.25) is 0 Å². The first-order valence-corrected chi connectivity index (χ1v) is 4.38. The van der Waals surface area contributed by atoms with Crippen LogP contribution in [-0.4, -0.2) is 12.0 Å². The van der Waals surface area contributed by atoms with Gasteiger partial charge in [0.05, 0.1) is 0 Å². The third-order valence-electron chi connectivity index (χ3n) is 1.79. The molecule has 0 rings (SSSR count). The van der Waals surface area contributed by atoms with Crippen molar-refractivity contribution in [2.75, 3.05) is 0 Å². The lowest BCUT2D eigenvalue weighted by Gasteiger charge is -2.07. The summed E-state index contributed by atoms with van der Waals surface area (Å²) in [6.45, 7) is 2.13. The number of hydrogen-bond donors (Lipinski definition) is 2. The Labute approximate surface area is 73.2 Å². The standard InChI is InChI=1S/C8H18N2O2/c1-2-3-4-5-6-7(9)8(11)12-10/h7H,2-6,9-10H2,1H3. The van der Waals surface area contributed by atoms with Crippen molar-refractivity contribution in [2.45, 2.75) is 45.1 Å². The van der Waals surface area contributed by atoms with Gasteiger partial charge in [-0.1, -0.05) is 32.6 Å². The molecule has 4 heteroatoms. The third kappa shape index (κ3) is 5.09. The van der Waals surface area contributed by atoms with E-state index in [0.717, 1.165) is 12.8 Å². The first-order chi connectivity index (χ1) is 5.72. The van der Waals surface area contributed by atoms with Gasteiger partial charge in [-0.15, -0.1) is 0 Å². The number of carbonyl (C=O) groups excluding carboxylic acids is 1. The predicted molar refractivity (Wildman–Crippen MR) is 47.0 cm³/mol. The molecule has 4 N–H and O–H groups in total. The van der Waals surface area contributed by atoms with Gasteiger partial charge in [-0.25, -0.2) is 4.79 Å². The molecule has 0 radical (unpaired) electrons. The second-order valence-corrected chi connectivity index (χ2v) is 2.89. The average Bonchev–Trinajstić information content (AvgIpc) is 2.10. The number of rotatable bonds is 6. The van der Waals surface area contributed by atoms with E-state index < -0.39 is 12.0 Å². The lowest BCUT2D eigenvalue weighted by Crippen LogP contribution is -2.33. The Morgan fingerprint density at radius 2 is 2.08 bits per heavy atom. The number of nitrogens with two attached hydrogens (primary N) is 2. The maximum absolute atomic E-state index is 10.7. The summed E-state index contributed by atoms with van der Waals surface area (Å²) in [6.07, 6.45) is 5.10. The molecule has 0 heterocycles. The van der Waals surface area contributed by atoms with E-state index in [2.05, 4.69) is 17.7 Å². The van der Waals surface area contributed by atoms with E-state index in [1.54, 1.807) is 0 Å². The fraction of sp³-hybridized carbons (Fsp3) is 0.875. The van der Waals surface area contributed by atoms with E-state index in [-0.39, 0.29) is 0 Å². The lowest BCUT2D eigenvalue weighted by atomic mass is 10.1. The molecule has 1 unspecified atom stereocenters. The molecule has 0 aliphatic carbocycles.